The van der Waals surface area contributed by atoms with Crippen LogP contribution in [0.5, 0.6) is 0 Å². The number of sulfone groups is 1. The zero-order chi connectivity index (χ0) is 22.2. The molecule has 0 aliphatic heterocycles. The minimum atomic E-state index is -4.82. The van der Waals surface area contributed by atoms with Crippen molar-refractivity contribution in [2.24, 2.45) is 5.92 Å². The number of carbonyl (C=O) groups is 1. The van der Waals surface area contributed by atoms with Gasteiger partial charge in [-0.05, 0) is 44.2 Å². The molecule has 1 unspecified atom stereocenters. The van der Waals surface area contributed by atoms with Crippen LogP contribution >= 0.6 is 0 Å². The predicted molar refractivity (Wildman–Crippen MR) is 101 cm³/mol. The molecule has 0 heterocycles. The van der Waals surface area contributed by atoms with Crippen molar-refractivity contribution in [3.63, 3.8) is 0 Å². The Morgan fingerprint density at radius 1 is 1.30 bits per heavy atom. The van der Waals surface area contributed by atoms with Gasteiger partial charge in [0, 0.05) is 6.61 Å². The van der Waals surface area contributed by atoms with Gasteiger partial charge in [0.2, 0.25) is 5.91 Å². The Kier molecular flexibility index (Phi) is 6.16. The van der Waals surface area contributed by atoms with E-state index in [2.05, 4.69) is 5.32 Å². The van der Waals surface area contributed by atoms with Crippen molar-refractivity contribution in [3.8, 4) is 6.07 Å². The first kappa shape index (κ1) is 22.6. The standard InChI is InChI=1S/C20H23F3N2O4S/c1-2-9-29-16-11-13(10-14(16)18(26)25-19(12-24)7-8-19)30(27,28)17-6-4-3-5-15(17)20(21,22)23/h3-6,13-14,16H,2,7-11H2,1H3,(H,25,26)/t13?,14-,16-/m0/s1. The molecule has 2 saturated carbocycles. The smallest absolute Gasteiger partial charge is 0.377 e. The van der Waals surface area contributed by atoms with Gasteiger partial charge < -0.3 is 10.1 Å². The summed E-state index contributed by atoms with van der Waals surface area (Å²) in [6.07, 6.45) is -4.12. The average molecular weight is 444 g/mol. The zero-order valence-corrected chi connectivity index (χ0v) is 17.2. The number of rotatable bonds is 7. The minimum Gasteiger partial charge on any atom is -0.377 e. The number of alkyl halides is 3. The van der Waals surface area contributed by atoms with Crippen LogP contribution in [0, 0.1) is 17.2 Å². The molecule has 1 aromatic carbocycles. The first-order valence-corrected chi connectivity index (χ1v) is 11.3. The molecule has 0 bridgehead atoms. The van der Waals surface area contributed by atoms with E-state index in [9.17, 15) is 31.6 Å². The Balaban J connectivity index is 1.88. The van der Waals surface area contributed by atoms with Gasteiger partial charge >= 0.3 is 6.18 Å². The fourth-order valence-corrected chi connectivity index (χ4v) is 5.81. The molecule has 1 N–H and O–H groups in total. The van der Waals surface area contributed by atoms with Crippen LogP contribution in [0.1, 0.15) is 44.6 Å². The molecule has 1 aromatic rings. The Bertz CT molecular complexity index is 952. The maximum atomic E-state index is 13.4. The molecule has 164 valence electrons. The van der Waals surface area contributed by atoms with Crippen LogP contribution in [-0.4, -0.2) is 37.8 Å². The lowest BCUT2D eigenvalue weighted by atomic mass is 10.0. The number of carbonyl (C=O) groups excluding carboxylic acids is 1. The first-order valence-electron chi connectivity index (χ1n) is 9.79. The van der Waals surface area contributed by atoms with E-state index in [0.717, 1.165) is 18.2 Å². The molecule has 0 aromatic heterocycles. The third kappa shape index (κ3) is 4.47. The van der Waals surface area contributed by atoms with Crippen molar-refractivity contribution in [1.29, 1.82) is 5.26 Å². The van der Waals surface area contributed by atoms with E-state index >= 15 is 0 Å². The largest absolute Gasteiger partial charge is 0.417 e. The average Bonchev–Trinajstić information content (AvgIpc) is 3.33. The fourth-order valence-electron chi connectivity index (χ4n) is 3.78. The number of halogens is 3. The van der Waals surface area contributed by atoms with Crippen LogP contribution < -0.4 is 5.32 Å². The lowest BCUT2D eigenvalue weighted by Gasteiger charge is -2.20. The molecule has 0 saturated heterocycles. The molecule has 0 spiro atoms. The highest BCUT2D eigenvalue weighted by molar-refractivity contribution is 7.92. The van der Waals surface area contributed by atoms with Crippen molar-refractivity contribution < 1.29 is 31.1 Å². The molecule has 2 aliphatic carbocycles. The van der Waals surface area contributed by atoms with E-state index < -0.39 is 55.2 Å². The van der Waals surface area contributed by atoms with Crippen molar-refractivity contribution in [2.45, 2.75) is 67.0 Å². The molecule has 2 fully saturated rings. The topological polar surface area (TPSA) is 96.3 Å². The number of amides is 1. The van der Waals surface area contributed by atoms with Crippen molar-refractivity contribution in [2.75, 3.05) is 6.61 Å². The number of hydrogen-bond donors (Lipinski definition) is 1. The van der Waals surface area contributed by atoms with Gasteiger partial charge in [-0.15, -0.1) is 0 Å². The van der Waals surface area contributed by atoms with Crippen molar-refractivity contribution >= 4 is 15.7 Å². The molecule has 6 nitrogen and oxygen atoms in total. The predicted octanol–water partition coefficient (Wildman–Crippen LogP) is 3.23. The summed E-state index contributed by atoms with van der Waals surface area (Å²) < 4.78 is 72.0. The number of nitriles is 1. The van der Waals surface area contributed by atoms with Crippen molar-refractivity contribution in [1.82, 2.24) is 5.32 Å². The van der Waals surface area contributed by atoms with Gasteiger partial charge in [-0.2, -0.15) is 18.4 Å². The second-order valence-electron chi connectivity index (χ2n) is 7.83. The summed E-state index contributed by atoms with van der Waals surface area (Å²) in [4.78, 5) is 12.0. The van der Waals surface area contributed by atoms with Gasteiger partial charge in [-0.1, -0.05) is 19.1 Å². The second kappa shape index (κ2) is 8.19. The highest BCUT2D eigenvalue weighted by Crippen LogP contribution is 2.41. The highest BCUT2D eigenvalue weighted by atomic mass is 32.2. The van der Waals surface area contributed by atoms with E-state index in [0.29, 0.717) is 25.9 Å². The summed E-state index contributed by atoms with van der Waals surface area (Å²) >= 11 is 0. The normalized spacial score (nSPS) is 25.5. The minimum absolute atomic E-state index is 0.0772. The van der Waals surface area contributed by atoms with E-state index in [1.807, 2.05) is 13.0 Å². The Morgan fingerprint density at radius 3 is 2.53 bits per heavy atom. The van der Waals surface area contributed by atoms with Gasteiger partial charge in [-0.3, -0.25) is 4.79 Å². The molecule has 3 rings (SSSR count). The third-order valence-corrected chi connectivity index (χ3v) is 7.83. The van der Waals surface area contributed by atoms with Crippen LogP contribution in [0.15, 0.2) is 29.2 Å². The Hall–Kier alpha value is -2.12. The first-order chi connectivity index (χ1) is 14.0. The summed E-state index contributed by atoms with van der Waals surface area (Å²) in [5.74, 6) is -1.34. The van der Waals surface area contributed by atoms with E-state index in [-0.39, 0.29) is 12.8 Å². The van der Waals surface area contributed by atoms with Crippen molar-refractivity contribution in [3.05, 3.63) is 29.8 Å². The van der Waals surface area contributed by atoms with E-state index in [4.69, 9.17) is 4.74 Å². The lowest BCUT2D eigenvalue weighted by Crippen LogP contribution is -2.42. The highest BCUT2D eigenvalue weighted by Gasteiger charge is 2.51. The van der Waals surface area contributed by atoms with Crippen LogP contribution in [0.4, 0.5) is 13.2 Å². The summed E-state index contributed by atoms with van der Waals surface area (Å²) in [5.41, 5.74) is -2.14. The fraction of sp³-hybridized carbons (Fsp3) is 0.600. The second-order valence-corrected chi connectivity index (χ2v) is 10.0. The Labute approximate surface area is 173 Å². The van der Waals surface area contributed by atoms with E-state index in [1.54, 1.807) is 0 Å². The third-order valence-electron chi connectivity index (χ3n) is 5.60. The Morgan fingerprint density at radius 2 is 1.97 bits per heavy atom. The van der Waals surface area contributed by atoms with Gasteiger partial charge in [0.05, 0.1) is 33.8 Å². The molecular formula is C20H23F3N2O4S. The SMILES string of the molecule is CCCO[C@H]1CC(S(=O)(=O)c2ccccc2C(F)(F)F)C[C@@H]1C(=O)NC1(C#N)CC1. The quantitative estimate of drug-likeness (QED) is 0.697. The molecule has 2 aliphatic rings. The molecule has 3 atom stereocenters. The lowest BCUT2D eigenvalue weighted by molar-refractivity contribution is -0.140. The number of nitrogens with one attached hydrogen (secondary N) is 1. The van der Waals surface area contributed by atoms with Gasteiger partial charge in [0.1, 0.15) is 5.54 Å². The molecule has 30 heavy (non-hydrogen) atoms. The monoisotopic (exact) mass is 444 g/mol. The maximum Gasteiger partial charge on any atom is 0.417 e. The summed E-state index contributed by atoms with van der Waals surface area (Å²) in [5, 5.41) is 10.7. The van der Waals surface area contributed by atoms with Gasteiger partial charge in [0.15, 0.2) is 9.84 Å². The maximum absolute atomic E-state index is 13.4. The zero-order valence-electron chi connectivity index (χ0n) is 16.4. The van der Waals surface area contributed by atoms with Gasteiger partial charge in [-0.25, -0.2) is 8.42 Å². The van der Waals surface area contributed by atoms with E-state index in [1.165, 1.54) is 6.07 Å². The van der Waals surface area contributed by atoms with Crippen LogP contribution in [0.3, 0.4) is 0 Å². The molecule has 10 heteroatoms. The number of hydrogen-bond acceptors (Lipinski definition) is 5. The summed E-state index contributed by atoms with van der Waals surface area (Å²) in [6, 6.07) is 6.11. The number of ether oxygens (including phenoxy) is 1. The summed E-state index contributed by atoms with van der Waals surface area (Å²) in [6.45, 7) is 2.15. The number of nitrogens with zero attached hydrogens (tertiary/aromatic N) is 1. The van der Waals surface area contributed by atoms with Crippen LogP contribution in [0.2, 0.25) is 0 Å². The van der Waals surface area contributed by atoms with Gasteiger partial charge in [0.25, 0.3) is 0 Å². The molecule has 1 amide bonds. The number of benzene rings is 1. The molecule has 0 radical (unpaired) electrons. The van der Waals surface area contributed by atoms with Crippen LogP contribution in [-0.2, 0) is 25.5 Å². The van der Waals surface area contributed by atoms with Crippen LogP contribution in [0.25, 0.3) is 0 Å². The summed E-state index contributed by atoms with van der Waals surface area (Å²) in [7, 11) is -4.36. The molecular weight excluding hydrogens is 421 g/mol.